The summed E-state index contributed by atoms with van der Waals surface area (Å²) in [5, 5.41) is 2.73. The van der Waals surface area contributed by atoms with Gasteiger partial charge in [-0.2, -0.15) is 0 Å². The van der Waals surface area contributed by atoms with Gasteiger partial charge in [-0.3, -0.25) is 9.52 Å². The van der Waals surface area contributed by atoms with E-state index in [-0.39, 0.29) is 16.8 Å². The highest BCUT2D eigenvalue weighted by molar-refractivity contribution is 7.93. The monoisotopic (exact) mass is 488 g/mol. The lowest BCUT2D eigenvalue weighted by Crippen LogP contribution is -2.44. The zero-order chi connectivity index (χ0) is 22.3. The van der Waals surface area contributed by atoms with Gasteiger partial charge in [0.1, 0.15) is 6.04 Å². The van der Waals surface area contributed by atoms with Gasteiger partial charge in [0.15, 0.2) is 5.13 Å². The molecule has 0 radical (unpaired) electrons. The summed E-state index contributed by atoms with van der Waals surface area (Å²) in [6.45, 7) is 1.42. The van der Waals surface area contributed by atoms with Crippen LogP contribution in [0.15, 0.2) is 58.9 Å². The number of nitrogens with one attached hydrogen (secondary N) is 1. The quantitative estimate of drug-likeness (QED) is 0.583. The fraction of sp³-hybridized carbons (Fsp3) is 0.273. The van der Waals surface area contributed by atoms with E-state index in [0.29, 0.717) is 28.8 Å². The number of carbonyl (C=O) groups is 1. The number of thiazole rings is 1. The highest BCUT2D eigenvalue weighted by Crippen LogP contribution is 2.35. The average Bonchev–Trinajstić information content (AvgIpc) is 3.42. The van der Waals surface area contributed by atoms with Crippen LogP contribution in [0.1, 0.15) is 18.4 Å². The van der Waals surface area contributed by atoms with Gasteiger partial charge in [0.2, 0.25) is 5.91 Å². The van der Waals surface area contributed by atoms with Crippen molar-refractivity contribution in [3.63, 3.8) is 0 Å². The number of aryl methyl sites for hydroxylation is 1. The van der Waals surface area contributed by atoms with Gasteiger partial charge in [-0.25, -0.2) is 13.4 Å². The van der Waals surface area contributed by atoms with Crippen LogP contribution in [0.2, 0.25) is 5.02 Å². The van der Waals surface area contributed by atoms with Crippen LogP contribution in [-0.2, 0) is 21.2 Å². The summed E-state index contributed by atoms with van der Waals surface area (Å²) in [6.07, 6.45) is 4.20. The SMILES string of the molecule is O=C1[C@H](N2CCCc3cc(Cl)ccc32)CCN1c1ccc(S(=O)(=O)Nc2nccs2)cc1. The molecule has 2 aromatic carbocycles. The summed E-state index contributed by atoms with van der Waals surface area (Å²) >= 11 is 7.37. The minimum Gasteiger partial charge on any atom is -0.359 e. The van der Waals surface area contributed by atoms with E-state index < -0.39 is 10.0 Å². The molecule has 1 N–H and O–H groups in total. The third kappa shape index (κ3) is 3.96. The van der Waals surface area contributed by atoms with Gasteiger partial charge >= 0.3 is 0 Å². The van der Waals surface area contributed by atoms with Crippen molar-refractivity contribution >= 4 is 55.4 Å². The zero-order valence-electron chi connectivity index (χ0n) is 17.1. The van der Waals surface area contributed by atoms with Gasteiger partial charge in [0.05, 0.1) is 4.90 Å². The maximum absolute atomic E-state index is 13.3. The molecule has 1 atom stereocenters. The molecule has 2 aliphatic heterocycles. The Hall–Kier alpha value is -2.62. The number of aromatic nitrogens is 1. The Morgan fingerprint density at radius 1 is 1.12 bits per heavy atom. The molecule has 0 bridgehead atoms. The van der Waals surface area contributed by atoms with Crippen molar-refractivity contribution in [2.75, 3.05) is 27.6 Å². The summed E-state index contributed by atoms with van der Waals surface area (Å²) in [5.74, 6) is 0.0318. The van der Waals surface area contributed by atoms with E-state index >= 15 is 0 Å². The lowest BCUT2D eigenvalue weighted by molar-refractivity contribution is -0.118. The second-order valence-electron chi connectivity index (χ2n) is 7.80. The number of hydrogen-bond donors (Lipinski definition) is 1. The summed E-state index contributed by atoms with van der Waals surface area (Å²) in [7, 11) is -3.73. The number of nitrogens with zero attached hydrogens (tertiary/aromatic N) is 3. The van der Waals surface area contributed by atoms with Gasteiger partial charge < -0.3 is 9.80 Å². The highest BCUT2D eigenvalue weighted by Gasteiger charge is 2.38. The van der Waals surface area contributed by atoms with Crippen LogP contribution in [-0.4, -0.2) is 38.4 Å². The van der Waals surface area contributed by atoms with E-state index in [1.54, 1.807) is 22.4 Å². The van der Waals surface area contributed by atoms with Crippen LogP contribution in [0.5, 0.6) is 0 Å². The Balaban J connectivity index is 1.34. The Labute approximate surface area is 195 Å². The first-order chi connectivity index (χ1) is 15.4. The standard InChI is InChI=1S/C22H21ClN4O3S2/c23-16-3-8-19-15(14-16)2-1-11-27(19)20-9-12-26(21(20)28)17-4-6-18(7-5-17)32(29,30)25-22-24-10-13-31-22/h3-8,10,13-14,20H,1-2,9,11-12H2,(H,24,25)/t20-/m1/s1. The Morgan fingerprint density at radius 3 is 2.69 bits per heavy atom. The first-order valence-electron chi connectivity index (χ1n) is 10.3. The van der Waals surface area contributed by atoms with Crippen molar-refractivity contribution in [2.24, 2.45) is 0 Å². The van der Waals surface area contributed by atoms with E-state index in [2.05, 4.69) is 14.6 Å². The third-order valence-electron chi connectivity index (χ3n) is 5.86. The molecular weight excluding hydrogens is 468 g/mol. The first-order valence-corrected chi connectivity index (χ1v) is 13.1. The number of rotatable bonds is 5. The fourth-order valence-electron chi connectivity index (χ4n) is 4.38. The fourth-order valence-corrected chi connectivity index (χ4v) is 6.37. The third-order valence-corrected chi connectivity index (χ3v) is 8.27. The summed E-state index contributed by atoms with van der Waals surface area (Å²) in [4.78, 5) is 21.3. The van der Waals surface area contributed by atoms with Crippen LogP contribution in [0.4, 0.5) is 16.5 Å². The maximum Gasteiger partial charge on any atom is 0.263 e. The normalized spacial score (nSPS) is 18.7. The molecule has 0 spiro atoms. The van der Waals surface area contributed by atoms with E-state index in [4.69, 9.17) is 11.6 Å². The average molecular weight is 489 g/mol. The second kappa shape index (κ2) is 8.38. The van der Waals surface area contributed by atoms with Crippen molar-refractivity contribution in [1.29, 1.82) is 0 Å². The van der Waals surface area contributed by atoms with Gasteiger partial charge in [0.25, 0.3) is 10.0 Å². The molecule has 1 saturated heterocycles. The molecule has 2 aliphatic rings. The van der Waals surface area contributed by atoms with Gasteiger partial charge in [0, 0.05) is 41.1 Å². The summed E-state index contributed by atoms with van der Waals surface area (Å²) < 4.78 is 27.6. The van der Waals surface area contributed by atoms with Crippen LogP contribution in [0.3, 0.4) is 0 Å². The molecule has 0 saturated carbocycles. The van der Waals surface area contributed by atoms with E-state index in [1.807, 2.05) is 18.2 Å². The number of hydrogen-bond acceptors (Lipinski definition) is 6. The predicted molar refractivity (Wildman–Crippen MR) is 127 cm³/mol. The van der Waals surface area contributed by atoms with Gasteiger partial charge in [-0.15, -0.1) is 11.3 Å². The number of carbonyl (C=O) groups excluding carboxylic acids is 1. The van der Waals surface area contributed by atoms with E-state index in [9.17, 15) is 13.2 Å². The minimum absolute atomic E-state index is 0.0318. The Morgan fingerprint density at radius 2 is 1.94 bits per heavy atom. The van der Waals surface area contributed by atoms with Crippen LogP contribution in [0.25, 0.3) is 0 Å². The molecule has 0 unspecified atom stereocenters. The first kappa shape index (κ1) is 21.2. The van der Waals surface area contributed by atoms with E-state index in [1.165, 1.54) is 35.2 Å². The molecule has 7 nitrogen and oxygen atoms in total. The maximum atomic E-state index is 13.3. The van der Waals surface area contributed by atoms with Crippen LogP contribution >= 0.6 is 22.9 Å². The van der Waals surface area contributed by atoms with Crippen molar-refractivity contribution < 1.29 is 13.2 Å². The molecule has 3 aromatic rings. The van der Waals surface area contributed by atoms with Gasteiger partial charge in [-0.1, -0.05) is 11.6 Å². The smallest absolute Gasteiger partial charge is 0.263 e. The molecular formula is C22H21ClN4O3S2. The zero-order valence-corrected chi connectivity index (χ0v) is 19.5. The number of sulfonamides is 1. The lowest BCUT2D eigenvalue weighted by atomic mass is 9.99. The molecule has 1 amide bonds. The molecule has 10 heteroatoms. The number of benzene rings is 2. The molecule has 3 heterocycles. The number of fused-ring (bicyclic) bond motifs is 1. The Kier molecular flexibility index (Phi) is 5.56. The number of halogens is 1. The van der Waals surface area contributed by atoms with Crippen molar-refractivity contribution in [1.82, 2.24) is 4.98 Å². The largest absolute Gasteiger partial charge is 0.359 e. The molecule has 1 aromatic heterocycles. The van der Waals surface area contributed by atoms with Crippen LogP contribution in [0, 0.1) is 0 Å². The van der Waals surface area contributed by atoms with Crippen molar-refractivity contribution in [2.45, 2.75) is 30.2 Å². The van der Waals surface area contributed by atoms with Crippen LogP contribution < -0.4 is 14.5 Å². The number of amides is 1. The lowest BCUT2D eigenvalue weighted by Gasteiger charge is -2.35. The minimum atomic E-state index is -3.73. The van der Waals surface area contributed by atoms with E-state index in [0.717, 1.165) is 25.1 Å². The number of anilines is 3. The molecule has 32 heavy (non-hydrogen) atoms. The van der Waals surface area contributed by atoms with Crippen molar-refractivity contribution in [3.05, 3.63) is 64.6 Å². The predicted octanol–water partition coefficient (Wildman–Crippen LogP) is 4.16. The molecule has 166 valence electrons. The molecule has 1 fully saturated rings. The van der Waals surface area contributed by atoms with Crippen molar-refractivity contribution in [3.8, 4) is 0 Å². The second-order valence-corrected chi connectivity index (χ2v) is 10.8. The summed E-state index contributed by atoms with van der Waals surface area (Å²) in [6, 6.07) is 12.0. The summed E-state index contributed by atoms with van der Waals surface area (Å²) in [5.41, 5.74) is 2.95. The highest BCUT2D eigenvalue weighted by atomic mass is 35.5. The van der Waals surface area contributed by atoms with Gasteiger partial charge in [-0.05, 0) is 67.3 Å². The molecule has 0 aliphatic carbocycles. The molecule has 5 rings (SSSR count). The topological polar surface area (TPSA) is 82.6 Å². The Bertz CT molecular complexity index is 1250.